The van der Waals surface area contributed by atoms with Crippen molar-refractivity contribution in [2.24, 2.45) is 0 Å². The molecule has 0 bridgehead atoms. The maximum absolute atomic E-state index is 13.4. The lowest BCUT2D eigenvalue weighted by Gasteiger charge is -2.23. The van der Waals surface area contributed by atoms with Crippen LogP contribution in [-0.2, 0) is 14.3 Å². The Morgan fingerprint density at radius 1 is 1.25 bits per heavy atom. The van der Waals surface area contributed by atoms with Gasteiger partial charge in [-0.05, 0) is 43.2 Å². The van der Waals surface area contributed by atoms with E-state index >= 15 is 0 Å². The standard InChI is InChI=1S/C28H25N3O8S/c1-4-13-38-20-8-6-7-18(15-20)23(32)21-22(17-9-11-19(12-10-17)31(36)37)30(26(34)24(21)33)28-29-16(3)25(40-28)27(35)39-14-5-2/h5-12,15,22,32H,2,4,13-14H2,1,3H3/b23-21+. The van der Waals surface area contributed by atoms with Crippen molar-refractivity contribution in [2.45, 2.75) is 26.3 Å². The minimum Gasteiger partial charge on any atom is -0.507 e. The molecule has 1 unspecified atom stereocenters. The number of nitro benzene ring substituents is 1. The number of rotatable bonds is 10. The molecule has 1 N–H and O–H groups in total. The number of aliphatic hydroxyl groups excluding tert-OH is 1. The number of hydrogen-bond donors (Lipinski definition) is 1. The van der Waals surface area contributed by atoms with E-state index in [4.69, 9.17) is 9.47 Å². The van der Waals surface area contributed by atoms with Gasteiger partial charge in [0.1, 0.15) is 23.0 Å². The van der Waals surface area contributed by atoms with Crippen LogP contribution in [-0.4, -0.2) is 45.9 Å². The van der Waals surface area contributed by atoms with E-state index in [-0.39, 0.29) is 39.1 Å². The number of carbonyl (C=O) groups excluding carboxylic acids is 3. The van der Waals surface area contributed by atoms with Crippen molar-refractivity contribution < 1.29 is 33.9 Å². The van der Waals surface area contributed by atoms with E-state index in [1.165, 1.54) is 30.3 Å². The molecule has 0 saturated carbocycles. The zero-order valence-electron chi connectivity index (χ0n) is 21.7. The van der Waals surface area contributed by atoms with Gasteiger partial charge >= 0.3 is 11.9 Å². The highest BCUT2D eigenvalue weighted by Crippen LogP contribution is 2.44. The molecule has 0 radical (unpaired) electrons. The number of amides is 1. The van der Waals surface area contributed by atoms with Crippen molar-refractivity contribution in [3.05, 3.63) is 98.6 Å². The second kappa shape index (κ2) is 11.9. The van der Waals surface area contributed by atoms with E-state index in [1.807, 2.05) is 6.92 Å². The van der Waals surface area contributed by atoms with Gasteiger partial charge in [-0.15, -0.1) is 0 Å². The average Bonchev–Trinajstić information content (AvgIpc) is 3.46. The number of Topliss-reactive ketones (excluding diaryl/α,β-unsaturated/α-hetero) is 1. The zero-order valence-corrected chi connectivity index (χ0v) is 22.5. The Kier molecular flexibility index (Phi) is 8.39. The van der Waals surface area contributed by atoms with Gasteiger partial charge in [-0.3, -0.25) is 24.6 Å². The summed E-state index contributed by atoms with van der Waals surface area (Å²) in [6, 6.07) is 10.5. The molecule has 1 saturated heterocycles. The van der Waals surface area contributed by atoms with Crippen LogP contribution >= 0.6 is 11.3 Å². The molecule has 12 heteroatoms. The monoisotopic (exact) mass is 563 g/mol. The molecule has 3 aromatic rings. The van der Waals surface area contributed by atoms with Crippen LogP contribution in [0.15, 0.2) is 66.8 Å². The fourth-order valence-corrected chi connectivity index (χ4v) is 5.09. The van der Waals surface area contributed by atoms with Crippen LogP contribution in [0.4, 0.5) is 10.8 Å². The number of hydrogen-bond acceptors (Lipinski definition) is 10. The highest BCUT2D eigenvalue weighted by atomic mass is 32.1. The van der Waals surface area contributed by atoms with Crippen LogP contribution in [0.2, 0.25) is 0 Å². The predicted octanol–water partition coefficient (Wildman–Crippen LogP) is 5.12. The van der Waals surface area contributed by atoms with E-state index in [0.717, 1.165) is 22.7 Å². The summed E-state index contributed by atoms with van der Waals surface area (Å²) in [5.74, 6) is -2.63. The van der Waals surface area contributed by atoms with Gasteiger partial charge in [-0.2, -0.15) is 0 Å². The van der Waals surface area contributed by atoms with Gasteiger partial charge in [0.15, 0.2) is 5.13 Å². The molecule has 1 amide bonds. The lowest BCUT2D eigenvalue weighted by molar-refractivity contribution is -0.384. The van der Waals surface area contributed by atoms with Crippen molar-refractivity contribution in [1.82, 2.24) is 4.98 Å². The van der Waals surface area contributed by atoms with Crippen LogP contribution in [0.1, 0.15) is 45.9 Å². The first-order valence-corrected chi connectivity index (χ1v) is 13.0. The third kappa shape index (κ3) is 5.47. The van der Waals surface area contributed by atoms with E-state index in [0.29, 0.717) is 17.9 Å². The molecule has 2 aromatic carbocycles. The Labute approximate surface area is 233 Å². The molecule has 1 aromatic heterocycles. The number of carbonyl (C=O) groups is 3. The Morgan fingerprint density at radius 2 is 1.98 bits per heavy atom. The van der Waals surface area contributed by atoms with Crippen LogP contribution in [0.3, 0.4) is 0 Å². The van der Waals surface area contributed by atoms with Crippen molar-refractivity contribution in [3.63, 3.8) is 0 Å². The first-order chi connectivity index (χ1) is 19.2. The summed E-state index contributed by atoms with van der Waals surface area (Å²) in [4.78, 5) is 55.6. The number of ketones is 1. The number of aryl methyl sites for hydroxylation is 1. The van der Waals surface area contributed by atoms with Gasteiger partial charge in [0, 0.05) is 17.7 Å². The number of esters is 1. The molecular weight excluding hydrogens is 538 g/mol. The molecule has 2 heterocycles. The molecule has 1 atom stereocenters. The van der Waals surface area contributed by atoms with Crippen molar-refractivity contribution in [1.29, 1.82) is 0 Å². The topological polar surface area (TPSA) is 149 Å². The SMILES string of the molecule is C=CCOC(=O)c1sc(N2C(=O)C(=O)/C(=C(/O)c3cccc(OCCC)c3)C2c2ccc([N+](=O)[O-])cc2)nc1C. The Morgan fingerprint density at radius 3 is 2.62 bits per heavy atom. The van der Waals surface area contributed by atoms with E-state index in [1.54, 1.807) is 31.2 Å². The fraction of sp³-hybridized carbons (Fsp3) is 0.214. The molecule has 0 spiro atoms. The zero-order chi connectivity index (χ0) is 29.0. The molecule has 11 nitrogen and oxygen atoms in total. The third-order valence-electron chi connectivity index (χ3n) is 5.95. The number of thiazole rings is 1. The molecule has 1 fully saturated rings. The minimum absolute atomic E-state index is 0.0209. The normalized spacial score (nSPS) is 16.1. The van der Waals surface area contributed by atoms with Gasteiger partial charge in [-0.1, -0.05) is 43.0 Å². The van der Waals surface area contributed by atoms with Crippen molar-refractivity contribution in [2.75, 3.05) is 18.1 Å². The Balaban J connectivity index is 1.87. The molecule has 40 heavy (non-hydrogen) atoms. The fourth-order valence-electron chi connectivity index (χ4n) is 4.11. The van der Waals surface area contributed by atoms with Crippen LogP contribution in [0.5, 0.6) is 5.75 Å². The van der Waals surface area contributed by atoms with Gasteiger partial charge in [0.2, 0.25) is 0 Å². The summed E-state index contributed by atoms with van der Waals surface area (Å²) >= 11 is 0.849. The van der Waals surface area contributed by atoms with Crippen molar-refractivity contribution >= 4 is 45.6 Å². The second-order valence-electron chi connectivity index (χ2n) is 8.69. The Hall–Kier alpha value is -4.84. The summed E-state index contributed by atoms with van der Waals surface area (Å²) in [5, 5.41) is 22.6. The van der Waals surface area contributed by atoms with Gasteiger partial charge < -0.3 is 14.6 Å². The van der Waals surface area contributed by atoms with E-state index in [2.05, 4.69) is 11.6 Å². The maximum atomic E-state index is 13.4. The van der Waals surface area contributed by atoms with Crippen LogP contribution in [0, 0.1) is 17.0 Å². The third-order valence-corrected chi connectivity index (χ3v) is 7.09. The lowest BCUT2D eigenvalue weighted by Crippen LogP contribution is -2.29. The first-order valence-electron chi connectivity index (χ1n) is 12.2. The number of benzene rings is 2. The second-order valence-corrected chi connectivity index (χ2v) is 9.67. The summed E-state index contributed by atoms with van der Waals surface area (Å²) in [7, 11) is 0. The molecular formula is C28H25N3O8S. The Bertz CT molecular complexity index is 1530. The number of non-ortho nitro benzene ring substituents is 1. The largest absolute Gasteiger partial charge is 0.507 e. The average molecular weight is 564 g/mol. The summed E-state index contributed by atoms with van der Waals surface area (Å²) < 4.78 is 10.7. The summed E-state index contributed by atoms with van der Waals surface area (Å²) in [6.45, 7) is 7.43. The number of aliphatic hydroxyl groups is 1. The van der Waals surface area contributed by atoms with E-state index in [9.17, 15) is 29.6 Å². The summed E-state index contributed by atoms with van der Waals surface area (Å²) in [5.41, 5.74) is 0.393. The number of anilines is 1. The molecule has 0 aliphatic carbocycles. The predicted molar refractivity (Wildman–Crippen MR) is 147 cm³/mol. The highest BCUT2D eigenvalue weighted by molar-refractivity contribution is 7.17. The van der Waals surface area contributed by atoms with E-state index < -0.39 is 34.4 Å². The molecule has 206 valence electrons. The van der Waals surface area contributed by atoms with Crippen molar-refractivity contribution in [3.8, 4) is 5.75 Å². The van der Waals surface area contributed by atoms with Crippen LogP contribution in [0.25, 0.3) is 5.76 Å². The first kappa shape index (κ1) is 28.2. The smallest absolute Gasteiger partial charge is 0.350 e. The van der Waals surface area contributed by atoms with Gasteiger partial charge in [0.05, 0.1) is 28.8 Å². The van der Waals surface area contributed by atoms with Gasteiger partial charge in [-0.25, -0.2) is 9.78 Å². The maximum Gasteiger partial charge on any atom is 0.350 e. The number of ether oxygens (including phenoxy) is 2. The minimum atomic E-state index is -1.19. The van der Waals surface area contributed by atoms with Gasteiger partial charge in [0.25, 0.3) is 11.5 Å². The molecule has 4 rings (SSSR count). The van der Waals surface area contributed by atoms with Crippen LogP contribution < -0.4 is 9.64 Å². The lowest BCUT2D eigenvalue weighted by atomic mass is 9.95. The molecule has 1 aliphatic rings. The molecule has 1 aliphatic heterocycles. The summed E-state index contributed by atoms with van der Waals surface area (Å²) in [6.07, 6.45) is 2.17. The number of aromatic nitrogens is 1. The quantitative estimate of drug-likeness (QED) is 0.0675. The number of nitrogens with zero attached hydrogens (tertiary/aromatic N) is 3. The number of nitro groups is 1. The highest BCUT2D eigenvalue weighted by Gasteiger charge is 2.48.